The molecule has 0 N–H and O–H groups in total. The minimum atomic E-state index is -3.63. The van der Waals surface area contributed by atoms with Gasteiger partial charge in [-0.1, -0.05) is 25.4 Å². The van der Waals surface area contributed by atoms with E-state index < -0.39 is 10.0 Å². The molecule has 8 heteroatoms. The summed E-state index contributed by atoms with van der Waals surface area (Å²) in [6, 6.07) is 0.216. The molecular weight excluding hydrogens is 366 g/mol. The van der Waals surface area contributed by atoms with Crippen LogP contribution in [0.4, 0.5) is 0 Å². The first kappa shape index (κ1) is 21.9. The molecule has 2 rings (SSSR count). The lowest BCUT2D eigenvalue weighted by molar-refractivity contribution is -0.139. The number of sulfonamides is 1. The minimum Gasteiger partial charge on any atom is -0.360 e. The van der Waals surface area contributed by atoms with E-state index >= 15 is 0 Å². The second kappa shape index (κ2) is 9.19. The van der Waals surface area contributed by atoms with Gasteiger partial charge in [-0.2, -0.15) is 4.31 Å². The van der Waals surface area contributed by atoms with Gasteiger partial charge in [0, 0.05) is 31.6 Å². The molecule has 27 heavy (non-hydrogen) atoms. The maximum atomic E-state index is 13.0. The van der Waals surface area contributed by atoms with Crippen LogP contribution in [-0.2, 0) is 14.8 Å². The third-order valence-corrected chi connectivity index (χ3v) is 7.67. The molecule has 1 unspecified atom stereocenters. The molecule has 1 aliphatic heterocycles. The van der Waals surface area contributed by atoms with E-state index in [1.165, 1.54) is 4.31 Å². The fourth-order valence-electron chi connectivity index (χ4n) is 3.65. The van der Waals surface area contributed by atoms with E-state index in [9.17, 15) is 13.2 Å². The number of hydrogen-bond donors (Lipinski definition) is 0. The number of carbonyl (C=O) groups is 1. The van der Waals surface area contributed by atoms with Crippen molar-refractivity contribution in [2.45, 2.75) is 77.7 Å². The number of rotatable bonds is 8. The molecule has 0 saturated carbocycles. The second-order valence-corrected chi connectivity index (χ2v) is 9.35. The summed E-state index contributed by atoms with van der Waals surface area (Å²) in [6.07, 6.45) is 4.08. The van der Waals surface area contributed by atoms with E-state index in [1.807, 2.05) is 4.90 Å². The first-order valence-corrected chi connectivity index (χ1v) is 11.4. The van der Waals surface area contributed by atoms with Crippen molar-refractivity contribution in [3.8, 4) is 0 Å². The van der Waals surface area contributed by atoms with Crippen molar-refractivity contribution >= 4 is 15.9 Å². The highest BCUT2D eigenvalue weighted by Crippen LogP contribution is 2.29. The van der Waals surface area contributed by atoms with Gasteiger partial charge in [-0.25, -0.2) is 8.42 Å². The lowest BCUT2D eigenvalue weighted by atomic mass is 9.95. The Hall–Kier alpha value is -1.41. The SMILES string of the molecule is CCCCN(C(=O)C1CCN(S(=O)(=O)c2c(C)noc2C)CC1)C(C)CC. The predicted molar refractivity (Wildman–Crippen MR) is 104 cm³/mol. The Balaban J connectivity index is 2.06. The largest absolute Gasteiger partial charge is 0.360 e. The maximum absolute atomic E-state index is 13.0. The standard InChI is InChI=1S/C19H33N3O4S/c1-6-8-11-22(14(3)7-2)19(23)17-9-12-21(13-10-17)27(24,25)18-15(4)20-26-16(18)5/h14,17H,6-13H2,1-5H3. The van der Waals surface area contributed by atoms with Gasteiger partial charge in [-0.3, -0.25) is 4.79 Å². The molecule has 0 aromatic carbocycles. The first-order chi connectivity index (χ1) is 12.7. The van der Waals surface area contributed by atoms with Crippen LogP contribution in [0, 0.1) is 19.8 Å². The first-order valence-electron chi connectivity index (χ1n) is 9.97. The van der Waals surface area contributed by atoms with Crippen LogP contribution < -0.4 is 0 Å². The van der Waals surface area contributed by atoms with Crippen LogP contribution in [0.3, 0.4) is 0 Å². The molecule has 1 atom stereocenters. The normalized spacial score (nSPS) is 17.8. The van der Waals surface area contributed by atoms with Crippen LogP contribution in [-0.4, -0.2) is 54.4 Å². The summed E-state index contributed by atoms with van der Waals surface area (Å²) in [5.74, 6) is 0.382. The summed E-state index contributed by atoms with van der Waals surface area (Å²) in [4.78, 5) is 15.2. The van der Waals surface area contributed by atoms with E-state index in [4.69, 9.17) is 4.52 Å². The molecule has 1 saturated heterocycles. The van der Waals surface area contributed by atoms with Crippen molar-refractivity contribution in [1.82, 2.24) is 14.4 Å². The van der Waals surface area contributed by atoms with Crippen LogP contribution in [0.2, 0.25) is 0 Å². The van der Waals surface area contributed by atoms with E-state index in [0.29, 0.717) is 37.4 Å². The lowest BCUT2D eigenvalue weighted by Gasteiger charge is -2.36. The molecule has 1 amide bonds. The van der Waals surface area contributed by atoms with Gasteiger partial charge in [0.05, 0.1) is 0 Å². The molecule has 0 spiro atoms. The number of unbranched alkanes of at least 4 members (excludes halogenated alkanes) is 1. The number of hydrogen-bond acceptors (Lipinski definition) is 5. The Labute approximate surface area is 163 Å². The molecule has 1 fully saturated rings. The number of aryl methyl sites for hydroxylation is 2. The Morgan fingerprint density at radius 1 is 1.30 bits per heavy atom. The van der Waals surface area contributed by atoms with E-state index in [2.05, 4.69) is 25.9 Å². The van der Waals surface area contributed by atoms with Gasteiger partial charge in [0.25, 0.3) is 0 Å². The van der Waals surface area contributed by atoms with E-state index in [1.54, 1.807) is 13.8 Å². The smallest absolute Gasteiger partial charge is 0.248 e. The number of aromatic nitrogens is 1. The number of amides is 1. The molecule has 2 heterocycles. The molecule has 0 radical (unpaired) electrons. The molecule has 154 valence electrons. The third-order valence-electron chi connectivity index (χ3n) is 5.53. The van der Waals surface area contributed by atoms with Crippen molar-refractivity contribution in [2.75, 3.05) is 19.6 Å². The molecule has 0 aliphatic carbocycles. The predicted octanol–water partition coefficient (Wildman–Crippen LogP) is 3.12. The Kier molecular flexibility index (Phi) is 7.45. The Morgan fingerprint density at radius 2 is 1.93 bits per heavy atom. The quantitative estimate of drug-likeness (QED) is 0.671. The fourth-order valence-corrected chi connectivity index (χ4v) is 5.41. The van der Waals surface area contributed by atoms with E-state index in [-0.39, 0.29) is 22.8 Å². The van der Waals surface area contributed by atoms with Gasteiger partial charge >= 0.3 is 0 Å². The second-order valence-electron chi connectivity index (χ2n) is 7.47. The van der Waals surface area contributed by atoms with Crippen molar-refractivity contribution in [3.63, 3.8) is 0 Å². The number of nitrogens with zero attached hydrogens (tertiary/aromatic N) is 3. The molecule has 1 aromatic heterocycles. The van der Waals surface area contributed by atoms with Crippen LogP contribution >= 0.6 is 0 Å². The lowest BCUT2D eigenvalue weighted by Crippen LogP contribution is -2.47. The summed E-state index contributed by atoms with van der Waals surface area (Å²) in [5.41, 5.74) is 0.383. The summed E-state index contributed by atoms with van der Waals surface area (Å²) >= 11 is 0. The monoisotopic (exact) mass is 399 g/mol. The van der Waals surface area contributed by atoms with Crippen molar-refractivity contribution in [2.24, 2.45) is 5.92 Å². The zero-order valence-electron chi connectivity index (χ0n) is 17.2. The van der Waals surface area contributed by atoms with Crippen molar-refractivity contribution in [3.05, 3.63) is 11.5 Å². The fraction of sp³-hybridized carbons (Fsp3) is 0.789. The van der Waals surface area contributed by atoms with Gasteiger partial charge in [0.2, 0.25) is 15.9 Å². The maximum Gasteiger partial charge on any atom is 0.248 e. The Morgan fingerprint density at radius 3 is 2.41 bits per heavy atom. The van der Waals surface area contributed by atoms with Crippen molar-refractivity contribution in [1.29, 1.82) is 0 Å². The highest BCUT2D eigenvalue weighted by Gasteiger charge is 2.36. The van der Waals surface area contributed by atoms with Crippen LogP contribution in [0.25, 0.3) is 0 Å². The average molecular weight is 400 g/mol. The number of piperidine rings is 1. The van der Waals surface area contributed by atoms with Gasteiger partial charge in [0.15, 0.2) is 5.76 Å². The number of carbonyl (C=O) groups excluding carboxylic acids is 1. The minimum absolute atomic E-state index is 0.105. The zero-order chi connectivity index (χ0) is 20.2. The van der Waals surface area contributed by atoms with Gasteiger partial charge in [-0.15, -0.1) is 0 Å². The Bertz CT molecular complexity index is 717. The summed E-state index contributed by atoms with van der Waals surface area (Å²) in [6.45, 7) is 11.0. The summed E-state index contributed by atoms with van der Waals surface area (Å²) in [5, 5.41) is 3.76. The summed E-state index contributed by atoms with van der Waals surface area (Å²) < 4.78 is 32.3. The van der Waals surface area contributed by atoms with Gasteiger partial charge in [0.1, 0.15) is 10.6 Å². The van der Waals surface area contributed by atoms with Gasteiger partial charge in [-0.05, 0) is 46.5 Å². The highest BCUT2D eigenvalue weighted by atomic mass is 32.2. The highest BCUT2D eigenvalue weighted by molar-refractivity contribution is 7.89. The van der Waals surface area contributed by atoms with E-state index in [0.717, 1.165) is 25.8 Å². The molecule has 7 nitrogen and oxygen atoms in total. The average Bonchev–Trinajstić information content (AvgIpc) is 3.00. The molecule has 1 aromatic rings. The zero-order valence-corrected chi connectivity index (χ0v) is 18.0. The van der Waals surface area contributed by atoms with Crippen LogP contribution in [0.5, 0.6) is 0 Å². The molecular formula is C19H33N3O4S. The third kappa shape index (κ3) is 4.71. The van der Waals surface area contributed by atoms with Crippen LogP contribution in [0.1, 0.15) is 64.3 Å². The van der Waals surface area contributed by atoms with Gasteiger partial charge < -0.3 is 9.42 Å². The molecule has 0 bridgehead atoms. The molecule has 1 aliphatic rings. The topological polar surface area (TPSA) is 83.7 Å². The van der Waals surface area contributed by atoms with Crippen LogP contribution in [0.15, 0.2) is 9.42 Å². The van der Waals surface area contributed by atoms with Crippen molar-refractivity contribution < 1.29 is 17.7 Å². The summed E-state index contributed by atoms with van der Waals surface area (Å²) in [7, 11) is -3.63.